The SMILES string of the molecule is Cc1cc(C)c(B2c3ccc4c(oc5cc6ccccc6cc54)c3N3c4cc5ccccc5cc4N(c4cccc5c4oc4cc6ccccc6cc45)c4cc5ccccc5c2c43)c(C)c1. The molecule has 0 amide bonds. The minimum atomic E-state index is -0.105. The molecule has 2 aromatic heterocycles. The molecular formula is C61H39BN2O2. The Morgan fingerprint density at radius 3 is 1.48 bits per heavy atom. The third-order valence-corrected chi connectivity index (χ3v) is 14.8. The van der Waals surface area contributed by atoms with E-state index in [1.165, 1.54) is 70.8 Å². The molecule has 4 nitrogen and oxygen atoms in total. The molecule has 13 aromatic rings. The molecule has 66 heavy (non-hydrogen) atoms. The van der Waals surface area contributed by atoms with Crippen molar-refractivity contribution in [1.82, 2.24) is 0 Å². The molecule has 308 valence electrons. The Morgan fingerprint density at radius 2 is 0.848 bits per heavy atom. The smallest absolute Gasteiger partial charge is 0.248 e. The summed E-state index contributed by atoms with van der Waals surface area (Å²) in [6, 6.07) is 67.2. The van der Waals surface area contributed by atoms with Crippen molar-refractivity contribution in [2.24, 2.45) is 0 Å². The molecule has 0 saturated heterocycles. The average molecular weight is 843 g/mol. The number of rotatable bonds is 2. The van der Waals surface area contributed by atoms with Crippen LogP contribution in [-0.4, -0.2) is 6.71 Å². The number of anilines is 6. The molecule has 2 aliphatic heterocycles. The van der Waals surface area contributed by atoms with Crippen LogP contribution in [0.25, 0.3) is 87.0 Å². The second kappa shape index (κ2) is 12.9. The van der Waals surface area contributed by atoms with Crippen molar-refractivity contribution in [2.45, 2.75) is 20.8 Å². The summed E-state index contributed by atoms with van der Waals surface area (Å²) in [4.78, 5) is 5.06. The molecular weight excluding hydrogens is 803 g/mol. The molecule has 4 heterocycles. The first-order valence-corrected chi connectivity index (χ1v) is 22.9. The Labute approximate surface area is 380 Å². The van der Waals surface area contributed by atoms with E-state index in [0.717, 1.165) is 83.4 Å². The lowest BCUT2D eigenvalue weighted by Crippen LogP contribution is -2.59. The summed E-state index contributed by atoms with van der Waals surface area (Å²) in [5.41, 5.74) is 17.7. The maximum absolute atomic E-state index is 7.29. The number of benzene rings is 11. The van der Waals surface area contributed by atoms with Crippen LogP contribution in [0.2, 0.25) is 0 Å². The van der Waals surface area contributed by atoms with Crippen LogP contribution >= 0.6 is 0 Å². The van der Waals surface area contributed by atoms with Crippen LogP contribution in [-0.2, 0) is 0 Å². The average Bonchev–Trinajstić information content (AvgIpc) is 3.89. The van der Waals surface area contributed by atoms with Gasteiger partial charge in [-0.1, -0.05) is 156 Å². The highest BCUT2D eigenvalue weighted by Gasteiger charge is 2.45. The molecule has 15 rings (SSSR count). The second-order valence-electron chi connectivity index (χ2n) is 18.6. The molecule has 2 aliphatic rings. The summed E-state index contributed by atoms with van der Waals surface area (Å²) in [6.45, 7) is 6.70. The fourth-order valence-corrected chi connectivity index (χ4v) is 12.1. The molecule has 11 aromatic carbocycles. The highest BCUT2D eigenvalue weighted by Crippen LogP contribution is 2.59. The number of furan rings is 2. The predicted octanol–water partition coefficient (Wildman–Crippen LogP) is 15.1. The first-order valence-electron chi connectivity index (χ1n) is 22.9. The van der Waals surface area contributed by atoms with E-state index in [4.69, 9.17) is 8.83 Å². The second-order valence-corrected chi connectivity index (χ2v) is 18.6. The fourth-order valence-electron chi connectivity index (χ4n) is 12.1. The lowest BCUT2D eigenvalue weighted by Gasteiger charge is -2.46. The fraction of sp³-hybridized carbons (Fsp3) is 0.0492. The van der Waals surface area contributed by atoms with Crippen molar-refractivity contribution >= 4 is 144 Å². The van der Waals surface area contributed by atoms with Crippen molar-refractivity contribution in [2.75, 3.05) is 9.80 Å². The van der Waals surface area contributed by atoms with E-state index in [2.05, 4.69) is 213 Å². The zero-order chi connectivity index (χ0) is 43.5. The van der Waals surface area contributed by atoms with Gasteiger partial charge in [0.2, 0.25) is 6.71 Å². The third-order valence-electron chi connectivity index (χ3n) is 14.8. The molecule has 0 aliphatic carbocycles. The monoisotopic (exact) mass is 842 g/mol. The third kappa shape index (κ3) is 4.79. The van der Waals surface area contributed by atoms with Gasteiger partial charge in [0, 0.05) is 21.5 Å². The summed E-state index contributed by atoms with van der Waals surface area (Å²) >= 11 is 0. The van der Waals surface area contributed by atoms with Gasteiger partial charge in [-0.2, -0.15) is 0 Å². The van der Waals surface area contributed by atoms with Crippen molar-refractivity contribution in [3.05, 3.63) is 199 Å². The first kappa shape index (κ1) is 36.1. The van der Waals surface area contributed by atoms with E-state index in [-0.39, 0.29) is 6.71 Å². The largest absolute Gasteiger partial charge is 0.454 e. The van der Waals surface area contributed by atoms with Gasteiger partial charge in [-0.15, -0.1) is 0 Å². The van der Waals surface area contributed by atoms with Crippen LogP contribution in [0.4, 0.5) is 34.1 Å². The topological polar surface area (TPSA) is 32.8 Å². The Hall–Kier alpha value is -8.28. The zero-order valence-electron chi connectivity index (χ0n) is 36.6. The van der Waals surface area contributed by atoms with Crippen molar-refractivity contribution in [1.29, 1.82) is 0 Å². The number of para-hydroxylation sites is 1. The van der Waals surface area contributed by atoms with Gasteiger partial charge in [-0.05, 0) is 123 Å². The summed E-state index contributed by atoms with van der Waals surface area (Å²) in [7, 11) is 0. The predicted molar refractivity (Wildman–Crippen MR) is 279 cm³/mol. The number of nitrogens with zero attached hydrogens (tertiary/aromatic N) is 2. The minimum absolute atomic E-state index is 0.105. The molecule has 0 N–H and O–H groups in total. The van der Waals surface area contributed by atoms with Gasteiger partial charge in [0.25, 0.3) is 0 Å². The number of hydrogen-bond donors (Lipinski definition) is 0. The van der Waals surface area contributed by atoms with Gasteiger partial charge in [0.1, 0.15) is 11.2 Å². The van der Waals surface area contributed by atoms with E-state index >= 15 is 0 Å². The van der Waals surface area contributed by atoms with E-state index in [1.807, 2.05) is 0 Å². The Morgan fingerprint density at radius 1 is 0.348 bits per heavy atom. The molecule has 0 bridgehead atoms. The minimum Gasteiger partial charge on any atom is -0.454 e. The highest BCUT2D eigenvalue weighted by molar-refractivity contribution is 7.00. The number of aryl methyl sites for hydroxylation is 3. The lowest BCUT2D eigenvalue weighted by atomic mass is 9.33. The van der Waals surface area contributed by atoms with Crippen LogP contribution < -0.4 is 26.2 Å². The van der Waals surface area contributed by atoms with Crippen LogP contribution in [0.5, 0.6) is 0 Å². The van der Waals surface area contributed by atoms with E-state index in [0.29, 0.717) is 0 Å². The quantitative estimate of drug-likeness (QED) is 0.162. The molecule has 0 spiro atoms. The van der Waals surface area contributed by atoms with E-state index < -0.39 is 0 Å². The summed E-state index contributed by atoms with van der Waals surface area (Å²) in [6.07, 6.45) is 0. The summed E-state index contributed by atoms with van der Waals surface area (Å²) in [5.74, 6) is 0. The van der Waals surface area contributed by atoms with Crippen molar-refractivity contribution in [3.8, 4) is 0 Å². The van der Waals surface area contributed by atoms with E-state index in [9.17, 15) is 0 Å². The van der Waals surface area contributed by atoms with Crippen LogP contribution in [0, 0.1) is 20.8 Å². The van der Waals surface area contributed by atoms with Gasteiger partial charge < -0.3 is 18.6 Å². The summed E-state index contributed by atoms with van der Waals surface area (Å²) < 4.78 is 14.4. The van der Waals surface area contributed by atoms with Gasteiger partial charge in [0.15, 0.2) is 11.2 Å². The molecule has 5 heteroatoms. The number of hydrogen-bond acceptors (Lipinski definition) is 4. The molecule has 0 unspecified atom stereocenters. The highest BCUT2D eigenvalue weighted by atomic mass is 16.3. The van der Waals surface area contributed by atoms with Crippen LogP contribution in [0.1, 0.15) is 16.7 Å². The Bertz CT molecular complexity index is 4290. The van der Waals surface area contributed by atoms with Crippen LogP contribution in [0.3, 0.4) is 0 Å². The van der Waals surface area contributed by atoms with E-state index in [1.54, 1.807) is 0 Å². The van der Waals surface area contributed by atoms with Crippen LogP contribution in [0.15, 0.2) is 191 Å². The maximum Gasteiger partial charge on any atom is 0.248 e. The van der Waals surface area contributed by atoms with Crippen molar-refractivity contribution in [3.63, 3.8) is 0 Å². The molecule has 0 atom stereocenters. The van der Waals surface area contributed by atoms with Gasteiger partial charge >= 0.3 is 0 Å². The van der Waals surface area contributed by atoms with Gasteiger partial charge in [0.05, 0.1) is 34.1 Å². The zero-order valence-corrected chi connectivity index (χ0v) is 36.6. The lowest BCUT2D eigenvalue weighted by molar-refractivity contribution is 0.669. The van der Waals surface area contributed by atoms with Gasteiger partial charge in [-0.3, -0.25) is 0 Å². The first-order chi connectivity index (χ1) is 32.4. The molecule has 0 saturated carbocycles. The summed E-state index contributed by atoms with van der Waals surface area (Å²) in [5, 5.41) is 13.9. The Kier molecular flexibility index (Phi) is 7.07. The molecule has 0 fully saturated rings. The normalized spacial score (nSPS) is 13.3. The van der Waals surface area contributed by atoms with Gasteiger partial charge in [-0.25, -0.2) is 0 Å². The standard InChI is InChI=1S/C61H39BN2O2/c1-34-25-35(2)56(36(3)26-34)62-49-24-23-46-48-28-38-14-5-9-18-42(38)33-55(48)66-61(46)58(49)64-52-30-40-16-7-6-15-39(40)29-51(52)63(53-31-43-19-10-11-20-44(43)57(62)59(53)64)50-22-12-21-45-47-27-37-13-4-8-17-41(37)32-54(47)65-60(45)50/h4-33H,1-3H3. The molecule has 0 radical (unpaired) electrons. The van der Waals surface area contributed by atoms with Crippen molar-refractivity contribution < 1.29 is 8.83 Å². The number of fused-ring (bicyclic) bond motifs is 16. The maximum atomic E-state index is 7.29. The Balaban J connectivity index is 1.13.